The van der Waals surface area contributed by atoms with Crippen LogP contribution in [0.4, 0.5) is 0 Å². The Balaban J connectivity index is 2.06. The Morgan fingerprint density at radius 2 is 1.87 bits per heavy atom. The van der Waals surface area contributed by atoms with Crippen molar-refractivity contribution >= 4 is 29.1 Å². The molecule has 1 heterocycles. The van der Waals surface area contributed by atoms with Gasteiger partial charge in [-0.05, 0) is 57.7 Å². The molecule has 31 heavy (non-hydrogen) atoms. The number of carbonyl (C=O) groups excluding carboxylic acids is 2. The van der Waals surface area contributed by atoms with Crippen molar-refractivity contribution in [2.75, 3.05) is 33.8 Å². The van der Waals surface area contributed by atoms with E-state index in [4.69, 9.17) is 16.3 Å². The lowest BCUT2D eigenvalue weighted by Gasteiger charge is -2.26. The lowest BCUT2D eigenvalue weighted by atomic mass is 9.95. The highest BCUT2D eigenvalue weighted by molar-refractivity contribution is 6.46. The van der Waals surface area contributed by atoms with Gasteiger partial charge in [0, 0.05) is 12.1 Å². The lowest BCUT2D eigenvalue weighted by Crippen LogP contribution is -2.32. The molecular weight excluding hydrogens is 416 g/mol. The van der Waals surface area contributed by atoms with Crippen molar-refractivity contribution in [3.8, 4) is 5.75 Å². The molecule has 2 aromatic carbocycles. The second kappa shape index (κ2) is 9.98. The first-order valence-corrected chi connectivity index (χ1v) is 10.6. The number of benzene rings is 2. The highest BCUT2D eigenvalue weighted by Gasteiger charge is 2.45. The Kier molecular flexibility index (Phi) is 7.36. The highest BCUT2D eigenvalue weighted by atomic mass is 35.5. The van der Waals surface area contributed by atoms with Crippen LogP contribution in [-0.2, 0) is 9.59 Å². The van der Waals surface area contributed by atoms with E-state index in [9.17, 15) is 14.7 Å². The van der Waals surface area contributed by atoms with Crippen LogP contribution in [0.5, 0.6) is 5.75 Å². The fourth-order valence-electron chi connectivity index (χ4n) is 3.73. The van der Waals surface area contributed by atoms with Crippen LogP contribution in [-0.4, -0.2) is 60.4 Å². The molecule has 0 spiro atoms. The smallest absolute Gasteiger partial charge is 0.295 e. The zero-order valence-corrected chi connectivity index (χ0v) is 18.7. The number of amides is 1. The average molecular weight is 443 g/mol. The van der Waals surface area contributed by atoms with E-state index in [2.05, 4.69) is 0 Å². The summed E-state index contributed by atoms with van der Waals surface area (Å²) in [6.45, 7) is 3.49. The van der Waals surface area contributed by atoms with Gasteiger partial charge in [0.25, 0.3) is 11.7 Å². The molecule has 0 bridgehead atoms. The van der Waals surface area contributed by atoms with E-state index < -0.39 is 17.7 Å². The van der Waals surface area contributed by atoms with Crippen molar-refractivity contribution in [2.24, 2.45) is 0 Å². The first-order chi connectivity index (χ1) is 14.8. The molecule has 1 atom stereocenters. The normalized spacial score (nSPS) is 18.1. The monoisotopic (exact) mass is 442 g/mol. The van der Waals surface area contributed by atoms with Crippen LogP contribution < -0.4 is 4.74 Å². The van der Waals surface area contributed by atoms with Gasteiger partial charge >= 0.3 is 0 Å². The molecule has 6 nitrogen and oxygen atoms in total. The standard InChI is InChI=1S/C24H27ClN2O4/c1-4-31-19-12-11-17(15-18(19)25)22(28)20-21(16-9-6-5-7-10-16)27(24(30)23(20)29)14-8-13-26(2)3/h5-7,9-12,15,21,28H,4,8,13-14H2,1-3H3/t21-/m0/s1. The van der Waals surface area contributed by atoms with Crippen molar-refractivity contribution < 1.29 is 19.4 Å². The molecule has 1 aliphatic rings. The first kappa shape index (κ1) is 22.8. The average Bonchev–Trinajstić information content (AvgIpc) is 3.00. The van der Waals surface area contributed by atoms with Gasteiger partial charge in [-0.3, -0.25) is 9.59 Å². The van der Waals surface area contributed by atoms with Crippen LogP contribution in [0.15, 0.2) is 54.1 Å². The minimum Gasteiger partial charge on any atom is -0.507 e. The number of hydrogen-bond acceptors (Lipinski definition) is 5. The molecule has 1 amide bonds. The second-order valence-corrected chi connectivity index (χ2v) is 8.05. The van der Waals surface area contributed by atoms with Gasteiger partial charge in [0.2, 0.25) is 0 Å². The van der Waals surface area contributed by atoms with Gasteiger partial charge in [-0.25, -0.2) is 0 Å². The number of ether oxygens (including phenoxy) is 1. The molecule has 3 rings (SSSR count). The number of nitrogens with zero attached hydrogens (tertiary/aromatic N) is 2. The van der Waals surface area contributed by atoms with Gasteiger partial charge in [0.05, 0.1) is 23.2 Å². The van der Waals surface area contributed by atoms with Crippen LogP contribution in [0.1, 0.15) is 30.5 Å². The summed E-state index contributed by atoms with van der Waals surface area (Å²) in [5.41, 5.74) is 1.20. The summed E-state index contributed by atoms with van der Waals surface area (Å²) in [5, 5.41) is 11.4. The summed E-state index contributed by atoms with van der Waals surface area (Å²) >= 11 is 6.28. The molecule has 0 saturated carbocycles. The van der Waals surface area contributed by atoms with Crippen LogP contribution >= 0.6 is 11.6 Å². The maximum atomic E-state index is 13.0. The fraction of sp³-hybridized carbons (Fsp3) is 0.333. The number of hydrogen-bond donors (Lipinski definition) is 1. The summed E-state index contributed by atoms with van der Waals surface area (Å²) < 4.78 is 5.44. The summed E-state index contributed by atoms with van der Waals surface area (Å²) in [6, 6.07) is 13.4. The van der Waals surface area contributed by atoms with Crippen LogP contribution in [0.2, 0.25) is 5.02 Å². The quantitative estimate of drug-likeness (QED) is 0.378. The number of rotatable bonds is 8. The molecule has 1 fully saturated rings. The van der Waals surface area contributed by atoms with Gasteiger partial charge in [-0.1, -0.05) is 41.9 Å². The van der Waals surface area contributed by atoms with Gasteiger partial charge in [-0.2, -0.15) is 0 Å². The Labute approximate surface area is 187 Å². The topological polar surface area (TPSA) is 70.1 Å². The molecule has 1 saturated heterocycles. The van der Waals surface area contributed by atoms with Crippen molar-refractivity contribution in [3.05, 3.63) is 70.3 Å². The summed E-state index contributed by atoms with van der Waals surface area (Å²) in [5.74, 6) is -1.05. The maximum Gasteiger partial charge on any atom is 0.295 e. The van der Waals surface area contributed by atoms with Crippen molar-refractivity contribution in [3.63, 3.8) is 0 Å². The van der Waals surface area contributed by atoms with Gasteiger partial charge in [0.15, 0.2) is 0 Å². The number of aliphatic hydroxyl groups is 1. The number of aliphatic hydroxyl groups excluding tert-OH is 1. The third kappa shape index (κ3) is 4.92. The Morgan fingerprint density at radius 1 is 1.16 bits per heavy atom. The third-order valence-corrected chi connectivity index (χ3v) is 5.46. The Bertz CT molecular complexity index is 988. The molecule has 164 valence electrons. The van der Waals surface area contributed by atoms with E-state index in [1.165, 1.54) is 0 Å². The minimum absolute atomic E-state index is 0.0706. The van der Waals surface area contributed by atoms with E-state index in [0.29, 0.717) is 35.9 Å². The zero-order chi connectivity index (χ0) is 22.5. The predicted octanol–water partition coefficient (Wildman–Crippen LogP) is 4.11. The molecule has 2 aromatic rings. The van der Waals surface area contributed by atoms with Crippen LogP contribution in [0.3, 0.4) is 0 Å². The van der Waals surface area contributed by atoms with Crippen LogP contribution in [0, 0.1) is 0 Å². The predicted molar refractivity (Wildman–Crippen MR) is 121 cm³/mol. The molecule has 0 radical (unpaired) electrons. The molecule has 1 aliphatic heterocycles. The number of likely N-dealkylation sites (tertiary alicyclic amines) is 1. The molecular formula is C24H27ClN2O4. The Hall–Kier alpha value is -2.83. The molecule has 7 heteroatoms. The van der Waals surface area contributed by atoms with Crippen molar-refractivity contribution in [2.45, 2.75) is 19.4 Å². The molecule has 0 aromatic heterocycles. The first-order valence-electron chi connectivity index (χ1n) is 10.3. The maximum absolute atomic E-state index is 13.0. The van der Waals surface area contributed by atoms with Crippen molar-refractivity contribution in [1.82, 2.24) is 9.80 Å². The molecule has 1 N–H and O–H groups in total. The number of carbonyl (C=O) groups is 2. The molecule has 0 aliphatic carbocycles. The third-order valence-electron chi connectivity index (χ3n) is 5.16. The van der Waals surface area contributed by atoms with Crippen molar-refractivity contribution in [1.29, 1.82) is 0 Å². The summed E-state index contributed by atoms with van der Waals surface area (Å²) in [6.07, 6.45) is 0.707. The number of halogens is 1. The van der Waals surface area contributed by atoms with Gasteiger partial charge < -0.3 is 19.6 Å². The minimum atomic E-state index is -0.693. The summed E-state index contributed by atoms with van der Waals surface area (Å²) in [7, 11) is 3.91. The Morgan fingerprint density at radius 3 is 2.48 bits per heavy atom. The van der Waals surface area contributed by atoms with Crippen LogP contribution in [0.25, 0.3) is 5.76 Å². The largest absolute Gasteiger partial charge is 0.507 e. The van der Waals surface area contributed by atoms with E-state index in [1.54, 1.807) is 23.1 Å². The zero-order valence-electron chi connectivity index (χ0n) is 18.0. The van der Waals surface area contributed by atoms with E-state index in [1.807, 2.05) is 56.3 Å². The van der Waals surface area contributed by atoms with Gasteiger partial charge in [-0.15, -0.1) is 0 Å². The fourth-order valence-corrected chi connectivity index (χ4v) is 3.96. The van der Waals surface area contributed by atoms with Gasteiger partial charge in [0.1, 0.15) is 11.5 Å². The highest BCUT2D eigenvalue weighted by Crippen LogP contribution is 2.40. The lowest BCUT2D eigenvalue weighted by molar-refractivity contribution is -0.139. The second-order valence-electron chi connectivity index (χ2n) is 7.64. The summed E-state index contributed by atoms with van der Waals surface area (Å²) in [4.78, 5) is 29.4. The number of Topliss-reactive ketones (excluding diaryl/α,β-unsaturated/α-hetero) is 1. The van der Waals surface area contributed by atoms with E-state index >= 15 is 0 Å². The van der Waals surface area contributed by atoms with E-state index in [0.717, 1.165) is 12.1 Å². The van der Waals surface area contributed by atoms with E-state index in [-0.39, 0.29) is 11.3 Å². The number of ketones is 1. The SMILES string of the molecule is CCOc1ccc(C(O)=C2C(=O)C(=O)N(CCCN(C)C)[C@H]2c2ccccc2)cc1Cl. The molecule has 0 unspecified atom stereocenters.